The van der Waals surface area contributed by atoms with E-state index in [1.54, 1.807) is 9.80 Å². The number of halogens is 1. The number of anilines is 1. The van der Waals surface area contributed by atoms with E-state index in [1.807, 2.05) is 68.6 Å². The zero-order chi connectivity index (χ0) is 18.0. The molecule has 0 aromatic heterocycles. The van der Waals surface area contributed by atoms with Crippen LogP contribution >= 0.6 is 15.9 Å². The number of carbonyl (C=O) groups excluding carboxylic acids is 2. The van der Waals surface area contributed by atoms with Gasteiger partial charge in [-0.2, -0.15) is 0 Å². The van der Waals surface area contributed by atoms with Gasteiger partial charge in [-0.15, -0.1) is 0 Å². The zero-order valence-corrected chi connectivity index (χ0v) is 15.9. The van der Waals surface area contributed by atoms with Crippen LogP contribution in [0.5, 0.6) is 0 Å². The first kappa shape index (κ1) is 17.7. The van der Waals surface area contributed by atoms with Gasteiger partial charge >= 0.3 is 0 Å². The smallest absolute Gasteiger partial charge is 0.228 e. The van der Waals surface area contributed by atoms with E-state index < -0.39 is 0 Å². The highest BCUT2D eigenvalue weighted by atomic mass is 79.9. The molecule has 0 saturated carbocycles. The van der Waals surface area contributed by atoms with E-state index in [2.05, 4.69) is 15.9 Å². The average molecular weight is 401 g/mol. The molecule has 3 rings (SSSR count). The molecular weight excluding hydrogens is 380 g/mol. The van der Waals surface area contributed by atoms with Gasteiger partial charge in [-0.05, 0) is 40.5 Å². The first-order valence-corrected chi connectivity index (χ1v) is 9.15. The third-order valence-electron chi connectivity index (χ3n) is 4.83. The van der Waals surface area contributed by atoms with Gasteiger partial charge in [-0.1, -0.05) is 42.5 Å². The Morgan fingerprint density at radius 1 is 1.16 bits per heavy atom. The molecule has 0 aliphatic carbocycles. The molecule has 130 valence electrons. The quantitative estimate of drug-likeness (QED) is 0.777. The fourth-order valence-electron chi connectivity index (χ4n) is 3.21. The van der Waals surface area contributed by atoms with Crippen LogP contribution < -0.4 is 4.90 Å². The van der Waals surface area contributed by atoms with Crippen molar-refractivity contribution >= 4 is 33.4 Å². The van der Waals surface area contributed by atoms with Crippen LogP contribution in [0.3, 0.4) is 0 Å². The molecule has 0 radical (unpaired) electrons. The molecule has 2 aromatic carbocycles. The number of nitrogens with zero attached hydrogens (tertiary/aromatic N) is 2. The predicted molar refractivity (Wildman–Crippen MR) is 102 cm³/mol. The second-order valence-electron chi connectivity index (χ2n) is 6.39. The monoisotopic (exact) mass is 400 g/mol. The molecule has 2 amide bonds. The van der Waals surface area contributed by atoms with Crippen molar-refractivity contribution in [3.8, 4) is 0 Å². The number of amides is 2. The van der Waals surface area contributed by atoms with E-state index >= 15 is 0 Å². The highest BCUT2D eigenvalue weighted by Gasteiger charge is 2.37. The molecule has 25 heavy (non-hydrogen) atoms. The minimum atomic E-state index is -0.309. The van der Waals surface area contributed by atoms with Crippen LogP contribution in [-0.4, -0.2) is 30.3 Å². The van der Waals surface area contributed by atoms with Crippen LogP contribution in [0.25, 0.3) is 0 Å². The molecule has 1 aliphatic rings. The minimum Gasteiger partial charge on any atom is -0.339 e. The summed E-state index contributed by atoms with van der Waals surface area (Å²) in [5.74, 6) is -0.305. The maximum atomic E-state index is 12.9. The first-order valence-electron chi connectivity index (χ1n) is 8.35. The standard InChI is InChI=1S/C20H21BrN2O2/c1-14(15-8-4-3-5-9-15)22(2)20(25)16-12-19(24)23(13-16)18-11-7-6-10-17(18)21/h3-11,14,16H,12-13H2,1-2H3. The van der Waals surface area contributed by atoms with E-state index in [0.29, 0.717) is 6.54 Å². The Morgan fingerprint density at radius 2 is 1.80 bits per heavy atom. The lowest BCUT2D eigenvalue weighted by atomic mass is 10.0. The highest BCUT2D eigenvalue weighted by Crippen LogP contribution is 2.32. The second-order valence-corrected chi connectivity index (χ2v) is 7.25. The highest BCUT2D eigenvalue weighted by molar-refractivity contribution is 9.10. The van der Waals surface area contributed by atoms with Crippen LogP contribution in [0.15, 0.2) is 59.1 Å². The van der Waals surface area contributed by atoms with Gasteiger partial charge in [0.25, 0.3) is 0 Å². The van der Waals surface area contributed by atoms with Crippen molar-refractivity contribution in [2.75, 3.05) is 18.5 Å². The van der Waals surface area contributed by atoms with Crippen molar-refractivity contribution in [3.05, 3.63) is 64.6 Å². The molecule has 1 aliphatic heterocycles. The van der Waals surface area contributed by atoms with Gasteiger partial charge in [-0.25, -0.2) is 0 Å². The molecular formula is C20H21BrN2O2. The number of carbonyl (C=O) groups is 2. The normalized spacial score (nSPS) is 18.3. The van der Waals surface area contributed by atoms with Crippen LogP contribution in [0.4, 0.5) is 5.69 Å². The summed E-state index contributed by atoms with van der Waals surface area (Å²) in [7, 11) is 1.81. The SMILES string of the molecule is CC(c1ccccc1)N(C)C(=O)C1CC(=O)N(c2ccccc2Br)C1. The van der Waals surface area contributed by atoms with Crippen LogP contribution in [0.2, 0.25) is 0 Å². The molecule has 1 heterocycles. The second kappa shape index (κ2) is 7.40. The molecule has 0 N–H and O–H groups in total. The van der Waals surface area contributed by atoms with Gasteiger partial charge < -0.3 is 9.80 Å². The molecule has 0 bridgehead atoms. The Kier molecular flexibility index (Phi) is 5.23. The summed E-state index contributed by atoms with van der Waals surface area (Å²) >= 11 is 3.48. The topological polar surface area (TPSA) is 40.6 Å². The Hall–Kier alpha value is -2.14. The predicted octanol–water partition coefficient (Wildman–Crippen LogP) is 4.02. The van der Waals surface area contributed by atoms with Gasteiger partial charge in [0, 0.05) is 24.5 Å². The fraction of sp³-hybridized carbons (Fsp3) is 0.300. The molecule has 2 unspecified atom stereocenters. The summed E-state index contributed by atoms with van der Waals surface area (Å²) in [6.07, 6.45) is 0.256. The molecule has 5 heteroatoms. The molecule has 1 fully saturated rings. The number of rotatable bonds is 4. The summed E-state index contributed by atoms with van der Waals surface area (Å²) in [6, 6.07) is 17.5. The van der Waals surface area contributed by atoms with E-state index in [9.17, 15) is 9.59 Å². The number of benzene rings is 2. The number of para-hydroxylation sites is 1. The Balaban J connectivity index is 1.73. The Morgan fingerprint density at radius 3 is 2.48 bits per heavy atom. The van der Waals surface area contributed by atoms with Crippen LogP contribution in [0, 0.1) is 5.92 Å². The van der Waals surface area contributed by atoms with Crippen molar-refractivity contribution < 1.29 is 9.59 Å². The van der Waals surface area contributed by atoms with Crippen molar-refractivity contribution in [3.63, 3.8) is 0 Å². The van der Waals surface area contributed by atoms with E-state index in [0.717, 1.165) is 15.7 Å². The van der Waals surface area contributed by atoms with E-state index in [-0.39, 0.29) is 30.2 Å². The largest absolute Gasteiger partial charge is 0.339 e. The van der Waals surface area contributed by atoms with E-state index in [1.165, 1.54) is 0 Å². The van der Waals surface area contributed by atoms with Crippen LogP contribution in [-0.2, 0) is 9.59 Å². The number of hydrogen-bond donors (Lipinski definition) is 0. The fourth-order valence-corrected chi connectivity index (χ4v) is 3.71. The Bertz CT molecular complexity index is 778. The zero-order valence-electron chi connectivity index (χ0n) is 14.4. The third-order valence-corrected chi connectivity index (χ3v) is 5.50. The van der Waals surface area contributed by atoms with E-state index in [4.69, 9.17) is 0 Å². The summed E-state index contributed by atoms with van der Waals surface area (Å²) in [4.78, 5) is 28.8. The van der Waals surface area contributed by atoms with Gasteiger partial charge in [0.1, 0.15) is 0 Å². The summed E-state index contributed by atoms with van der Waals surface area (Å²) in [6.45, 7) is 2.43. The average Bonchev–Trinajstić information content (AvgIpc) is 3.02. The molecule has 4 nitrogen and oxygen atoms in total. The summed E-state index contributed by atoms with van der Waals surface area (Å²) < 4.78 is 0.863. The lowest BCUT2D eigenvalue weighted by molar-refractivity contribution is -0.136. The molecule has 2 aromatic rings. The molecule has 0 spiro atoms. The van der Waals surface area contributed by atoms with Crippen molar-refractivity contribution in [1.82, 2.24) is 4.90 Å². The van der Waals surface area contributed by atoms with Crippen molar-refractivity contribution in [2.45, 2.75) is 19.4 Å². The molecule has 2 atom stereocenters. The first-order chi connectivity index (χ1) is 12.0. The summed E-state index contributed by atoms with van der Waals surface area (Å²) in [5.41, 5.74) is 1.91. The third kappa shape index (κ3) is 3.61. The number of hydrogen-bond acceptors (Lipinski definition) is 2. The Labute approximate surface area is 156 Å². The molecule has 1 saturated heterocycles. The maximum absolute atomic E-state index is 12.9. The van der Waals surface area contributed by atoms with Gasteiger partial charge in [0.2, 0.25) is 11.8 Å². The van der Waals surface area contributed by atoms with Gasteiger partial charge in [0.05, 0.1) is 17.6 Å². The van der Waals surface area contributed by atoms with Gasteiger partial charge in [-0.3, -0.25) is 9.59 Å². The lowest BCUT2D eigenvalue weighted by Gasteiger charge is -2.28. The van der Waals surface area contributed by atoms with Gasteiger partial charge in [0.15, 0.2) is 0 Å². The minimum absolute atomic E-state index is 0.00832. The maximum Gasteiger partial charge on any atom is 0.228 e. The lowest BCUT2D eigenvalue weighted by Crippen LogP contribution is -2.36. The van der Waals surface area contributed by atoms with Crippen molar-refractivity contribution in [2.24, 2.45) is 5.92 Å². The van der Waals surface area contributed by atoms with Crippen LogP contribution in [0.1, 0.15) is 24.9 Å². The van der Waals surface area contributed by atoms with Crippen molar-refractivity contribution in [1.29, 1.82) is 0 Å². The summed E-state index contributed by atoms with van der Waals surface area (Å²) in [5, 5.41) is 0.